The quantitative estimate of drug-likeness (QED) is 0.846. The van der Waals surface area contributed by atoms with Gasteiger partial charge < -0.3 is 9.47 Å². The van der Waals surface area contributed by atoms with Crippen LogP contribution in [0.2, 0.25) is 0 Å². The van der Waals surface area contributed by atoms with Gasteiger partial charge in [0.25, 0.3) is 0 Å². The van der Waals surface area contributed by atoms with Crippen LogP contribution >= 0.6 is 0 Å². The van der Waals surface area contributed by atoms with Crippen molar-refractivity contribution in [3.63, 3.8) is 0 Å². The average Bonchev–Trinajstić information content (AvgIpc) is 2.89. The summed E-state index contributed by atoms with van der Waals surface area (Å²) in [5.41, 5.74) is 0.776. The van der Waals surface area contributed by atoms with Gasteiger partial charge in [-0.15, -0.1) is 5.10 Å². The van der Waals surface area contributed by atoms with Crippen LogP contribution in [0.3, 0.4) is 0 Å². The van der Waals surface area contributed by atoms with E-state index in [1.54, 1.807) is 7.11 Å². The first-order valence-electron chi connectivity index (χ1n) is 6.76. The standard InChI is InChI=1S/C15H19N3O3/c1-10(2)9-21-15-16-14(18(17-15)11(3)19)12-5-7-13(20-4)8-6-12/h5-8,10H,9H2,1-4H3. The lowest BCUT2D eigenvalue weighted by Crippen LogP contribution is -2.10. The van der Waals surface area contributed by atoms with E-state index in [-0.39, 0.29) is 11.9 Å². The van der Waals surface area contributed by atoms with Gasteiger partial charge in [-0.05, 0) is 30.2 Å². The van der Waals surface area contributed by atoms with E-state index in [0.29, 0.717) is 18.3 Å². The van der Waals surface area contributed by atoms with E-state index in [1.165, 1.54) is 11.6 Å². The fourth-order valence-electron chi connectivity index (χ4n) is 1.74. The molecule has 0 aliphatic heterocycles. The van der Waals surface area contributed by atoms with Gasteiger partial charge in [-0.2, -0.15) is 9.67 Å². The van der Waals surface area contributed by atoms with Crippen molar-refractivity contribution in [1.29, 1.82) is 0 Å². The molecule has 0 atom stereocenters. The van der Waals surface area contributed by atoms with Gasteiger partial charge in [0.2, 0.25) is 5.91 Å². The Morgan fingerprint density at radius 1 is 1.29 bits per heavy atom. The highest BCUT2D eigenvalue weighted by molar-refractivity contribution is 5.80. The normalized spacial score (nSPS) is 10.7. The van der Waals surface area contributed by atoms with Gasteiger partial charge in [0.05, 0.1) is 13.7 Å². The monoisotopic (exact) mass is 289 g/mol. The second-order valence-corrected chi connectivity index (χ2v) is 5.08. The van der Waals surface area contributed by atoms with Crippen molar-refractivity contribution in [2.24, 2.45) is 5.92 Å². The predicted octanol–water partition coefficient (Wildman–Crippen LogP) is 2.65. The molecule has 0 spiro atoms. The molecular weight excluding hydrogens is 270 g/mol. The predicted molar refractivity (Wildman–Crippen MR) is 78.6 cm³/mol. The lowest BCUT2D eigenvalue weighted by Gasteiger charge is -2.03. The lowest BCUT2D eigenvalue weighted by atomic mass is 10.2. The number of benzene rings is 1. The molecule has 0 radical (unpaired) electrons. The van der Waals surface area contributed by atoms with E-state index in [4.69, 9.17) is 9.47 Å². The van der Waals surface area contributed by atoms with E-state index in [1.807, 2.05) is 38.1 Å². The average molecular weight is 289 g/mol. The molecule has 2 rings (SSSR count). The molecule has 0 aliphatic rings. The maximum atomic E-state index is 11.7. The lowest BCUT2D eigenvalue weighted by molar-refractivity contribution is 0.0920. The van der Waals surface area contributed by atoms with Gasteiger partial charge in [0.1, 0.15) is 5.75 Å². The third-order valence-electron chi connectivity index (χ3n) is 2.78. The maximum Gasteiger partial charge on any atom is 0.336 e. The minimum Gasteiger partial charge on any atom is -0.497 e. The fraction of sp³-hybridized carbons (Fsp3) is 0.400. The zero-order valence-corrected chi connectivity index (χ0v) is 12.7. The molecule has 1 aromatic heterocycles. The van der Waals surface area contributed by atoms with E-state index in [9.17, 15) is 4.79 Å². The Morgan fingerprint density at radius 3 is 2.48 bits per heavy atom. The van der Waals surface area contributed by atoms with Crippen molar-refractivity contribution in [1.82, 2.24) is 14.8 Å². The summed E-state index contributed by atoms with van der Waals surface area (Å²) in [4.78, 5) is 16.0. The van der Waals surface area contributed by atoms with Crippen molar-refractivity contribution in [3.05, 3.63) is 24.3 Å². The van der Waals surface area contributed by atoms with Crippen molar-refractivity contribution >= 4 is 5.91 Å². The van der Waals surface area contributed by atoms with Crippen molar-refractivity contribution < 1.29 is 14.3 Å². The summed E-state index contributed by atoms with van der Waals surface area (Å²) in [5, 5.41) is 4.10. The third kappa shape index (κ3) is 3.59. The molecule has 0 aliphatic carbocycles. The Hall–Kier alpha value is -2.37. The molecule has 1 aromatic carbocycles. The summed E-state index contributed by atoms with van der Waals surface area (Å²) in [7, 11) is 1.60. The highest BCUT2D eigenvalue weighted by atomic mass is 16.5. The Morgan fingerprint density at radius 2 is 1.95 bits per heavy atom. The van der Waals surface area contributed by atoms with Gasteiger partial charge in [-0.3, -0.25) is 4.79 Å². The van der Waals surface area contributed by atoms with Crippen LogP contribution in [0.1, 0.15) is 25.6 Å². The first-order chi connectivity index (χ1) is 10.0. The van der Waals surface area contributed by atoms with Gasteiger partial charge in [0.15, 0.2) is 5.82 Å². The number of hydrogen-bond donors (Lipinski definition) is 0. The molecule has 1 heterocycles. The van der Waals surface area contributed by atoms with E-state index >= 15 is 0 Å². The first-order valence-corrected chi connectivity index (χ1v) is 6.76. The number of hydrogen-bond acceptors (Lipinski definition) is 5. The largest absolute Gasteiger partial charge is 0.497 e. The first kappa shape index (κ1) is 15.0. The number of carbonyl (C=O) groups excluding carboxylic acids is 1. The van der Waals surface area contributed by atoms with E-state index < -0.39 is 0 Å². The smallest absolute Gasteiger partial charge is 0.336 e. The number of carbonyl (C=O) groups is 1. The molecule has 112 valence electrons. The van der Waals surface area contributed by atoms with Crippen LogP contribution in [0.15, 0.2) is 24.3 Å². The molecule has 6 heteroatoms. The number of rotatable bonds is 5. The van der Waals surface area contributed by atoms with Crippen molar-refractivity contribution in [3.8, 4) is 23.1 Å². The molecule has 6 nitrogen and oxygen atoms in total. The van der Waals surface area contributed by atoms with Crippen LogP contribution in [-0.2, 0) is 0 Å². The van der Waals surface area contributed by atoms with Crippen molar-refractivity contribution in [2.75, 3.05) is 13.7 Å². The molecule has 0 unspecified atom stereocenters. The third-order valence-corrected chi connectivity index (χ3v) is 2.78. The van der Waals surface area contributed by atoms with Gasteiger partial charge in [0, 0.05) is 12.5 Å². The Labute approximate surface area is 123 Å². The Balaban J connectivity index is 2.33. The SMILES string of the molecule is COc1ccc(-c2nc(OCC(C)C)nn2C(C)=O)cc1. The number of nitrogens with zero attached hydrogens (tertiary/aromatic N) is 3. The van der Waals surface area contributed by atoms with E-state index in [0.717, 1.165) is 11.3 Å². The summed E-state index contributed by atoms with van der Waals surface area (Å²) >= 11 is 0. The summed E-state index contributed by atoms with van der Waals surface area (Å²) < 4.78 is 11.9. The molecule has 21 heavy (non-hydrogen) atoms. The minimum absolute atomic E-state index is 0.213. The molecule has 0 bridgehead atoms. The number of aromatic nitrogens is 3. The topological polar surface area (TPSA) is 66.2 Å². The van der Waals surface area contributed by atoms with Crippen LogP contribution in [0.5, 0.6) is 11.8 Å². The number of methoxy groups -OCH3 is 1. The molecule has 0 saturated carbocycles. The van der Waals surface area contributed by atoms with Gasteiger partial charge in [-0.1, -0.05) is 13.8 Å². The van der Waals surface area contributed by atoms with Gasteiger partial charge >= 0.3 is 6.01 Å². The molecular formula is C15H19N3O3. The summed E-state index contributed by atoms with van der Waals surface area (Å²) in [6.07, 6.45) is 0. The zero-order chi connectivity index (χ0) is 15.4. The Kier molecular flexibility index (Phi) is 4.57. The molecule has 0 N–H and O–H groups in total. The van der Waals surface area contributed by atoms with E-state index in [2.05, 4.69) is 10.1 Å². The van der Waals surface area contributed by atoms with Crippen LogP contribution < -0.4 is 9.47 Å². The maximum absolute atomic E-state index is 11.7. The van der Waals surface area contributed by atoms with Crippen LogP contribution in [-0.4, -0.2) is 34.4 Å². The second-order valence-electron chi connectivity index (χ2n) is 5.08. The molecule has 0 amide bonds. The highest BCUT2D eigenvalue weighted by Gasteiger charge is 2.16. The summed E-state index contributed by atoms with van der Waals surface area (Å²) in [6.45, 7) is 6.01. The molecule has 2 aromatic rings. The van der Waals surface area contributed by atoms with Crippen molar-refractivity contribution in [2.45, 2.75) is 20.8 Å². The zero-order valence-electron chi connectivity index (χ0n) is 12.7. The minimum atomic E-state index is -0.215. The van der Waals surface area contributed by atoms with Crippen LogP contribution in [0.4, 0.5) is 0 Å². The van der Waals surface area contributed by atoms with Crippen LogP contribution in [0.25, 0.3) is 11.4 Å². The summed E-state index contributed by atoms with van der Waals surface area (Å²) in [5.74, 6) is 1.35. The molecule has 0 fully saturated rings. The highest BCUT2D eigenvalue weighted by Crippen LogP contribution is 2.22. The van der Waals surface area contributed by atoms with Crippen LogP contribution in [0, 0.1) is 5.92 Å². The molecule has 0 saturated heterocycles. The Bertz CT molecular complexity index is 618. The van der Waals surface area contributed by atoms with Gasteiger partial charge in [-0.25, -0.2) is 0 Å². The number of ether oxygens (including phenoxy) is 2. The summed E-state index contributed by atoms with van der Waals surface area (Å²) in [6, 6.07) is 7.49. The second kappa shape index (κ2) is 6.39. The fourth-order valence-corrected chi connectivity index (χ4v) is 1.74.